The number of halogens is 2. The molecule has 3 aromatic rings. The molecule has 0 aliphatic carbocycles. The van der Waals surface area contributed by atoms with Crippen molar-refractivity contribution < 1.29 is 4.39 Å². The summed E-state index contributed by atoms with van der Waals surface area (Å²) in [6.07, 6.45) is 8.10. The van der Waals surface area contributed by atoms with Crippen molar-refractivity contribution in [2.24, 2.45) is 0 Å². The van der Waals surface area contributed by atoms with Gasteiger partial charge in [-0.2, -0.15) is 0 Å². The second kappa shape index (κ2) is 5.65. The minimum atomic E-state index is -1.64. The van der Waals surface area contributed by atoms with E-state index in [1.807, 2.05) is 0 Å². The molecule has 0 radical (unpaired) electrons. The zero-order valence-electron chi connectivity index (χ0n) is 11.1. The van der Waals surface area contributed by atoms with Crippen LogP contribution in [0.25, 0.3) is 0 Å². The predicted octanol–water partition coefficient (Wildman–Crippen LogP) is 2.69. The van der Waals surface area contributed by atoms with Crippen molar-refractivity contribution in [2.75, 3.05) is 0 Å². The van der Waals surface area contributed by atoms with Crippen molar-refractivity contribution in [3.8, 4) is 0 Å². The minimum absolute atomic E-state index is 0.0623. The lowest BCUT2D eigenvalue weighted by molar-refractivity contribution is 0.104. The fourth-order valence-electron chi connectivity index (χ4n) is 2.22. The molecule has 0 aliphatic rings. The third-order valence-electron chi connectivity index (χ3n) is 3.24. The molecule has 5 nitrogen and oxygen atoms in total. The summed E-state index contributed by atoms with van der Waals surface area (Å²) in [6.45, 7) is 0.196. The Morgan fingerprint density at radius 1 is 1.10 bits per heavy atom. The lowest BCUT2D eigenvalue weighted by Gasteiger charge is -2.26. The van der Waals surface area contributed by atoms with Crippen LogP contribution in [-0.2, 0) is 18.8 Å². The van der Waals surface area contributed by atoms with E-state index in [0.717, 1.165) is 0 Å². The highest BCUT2D eigenvalue weighted by molar-refractivity contribution is 6.30. The van der Waals surface area contributed by atoms with Crippen molar-refractivity contribution in [2.45, 2.75) is 18.8 Å². The molecule has 0 bridgehead atoms. The Balaban J connectivity index is 1.94. The van der Waals surface area contributed by atoms with Crippen molar-refractivity contribution in [1.29, 1.82) is 0 Å². The summed E-state index contributed by atoms with van der Waals surface area (Å²) in [6, 6.07) is 6.74. The number of rotatable bonds is 5. The van der Waals surface area contributed by atoms with Gasteiger partial charge in [0.15, 0.2) is 5.67 Å². The summed E-state index contributed by atoms with van der Waals surface area (Å²) < 4.78 is 18.8. The van der Waals surface area contributed by atoms with Gasteiger partial charge >= 0.3 is 0 Å². The summed E-state index contributed by atoms with van der Waals surface area (Å²) in [4.78, 5) is 3.95. The first kappa shape index (κ1) is 13.8. The van der Waals surface area contributed by atoms with Crippen LogP contribution in [0.15, 0.2) is 55.4 Å². The van der Waals surface area contributed by atoms with Gasteiger partial charge in [-0.25, -0.2) is 14.1 Å². The molecule has 0 aliphatic heterocycles. The summed E-state index contributed by atoms with van der Waals surface area (Å²) >= 11 is 5.88. The third kappa shape index (κ3) is 3.11. The molecule has 0 saturated heterocycles. The standard InChI is InChI=1S/C14H13ClFN5/c15-13-3-1-12(2-4-13)14(16,9-20-7-5-17-11-20)10-21-8-6-18-19-21/h1-8,11H,9-10H2. The van der Waals surface area contributed by atoms with Gasteiger partial charge < -0.3 is 4.57 Å². The van der Waals surface area contributed by atoms with Gasteiger partial charge in [0.25, 0.3) is 0 Å². The fraction of sp³-hybridized carbons (Fsp3) is 0.214. The van der Waals surface area contributed by atoms with Crippen LogP contribution in [0.2, 0.25) is 5.02 Å². The second-order valence-corrected chi connectivity index (χ2v) is 5.24. The molecule has 0 saturated carbocycles. The molecular formula is C14H13ClFN5. The van der Waals surface area contributed by atoms with Gasteiger partial charge in [-0.05, 0) is 17.7 Å². The van der Waals surface area contributed by atoms with E-state index >= 15 is 4.39 Å². The number of aromatic nitrogens is 5. The maximum Gasteiger partial charge on any atom is 0.173 e. The normalized spacial score (nSPS) is 14.0. The quantitative estimate of drug-likeness (QED) is 0.728. The molecule has 21 heavy (non-hydrogen) atoms. The molecule has 0 N–H and O–H groups in total. The summed E-state index contributed by atoms with van der Waals surface area (Å²) in [5.74, 6) is 0. The number of hydrogen-bond donors (Lipinski definition) is 0. The molecule has 0 spiro atoms. The van der Waals surface area contributed by atoms with E-state index in [1.54, 1.807) is 53.8 Å². The Kier molecular flexibility index (Phi) is 3.70. The monoisotopic (exact) mass is 305 g/mol. The maximum absolute atomic E-state index is 15.6. The number of benzene rings is 1. The Hall–Kier alpha value is -2.21. The number of nitrogens with zero attached hydrogens (tertiary/aromatic N) is 5. The Labute approximate surface area is 126 Å². The topological polar surface area (TPSA) is 48.5 Å². The number of hydrogen-bond acceptors (Lipinski definition) is 3. The molecule has 2 heterocycles. The van der Waals surface area contributed by atoms with Crippen LogP contribution < -0.4 is 0 Å². The van der Waals surface area contributed by atoms with Crippen LogP contribution in [-0.4, -0.2) is 24.5 Å². The van der Waals surface area contributed by atoms with Gasteiger partial charge in [-0.15, -0.1) is 5.10 Å². The van der Waals surface area contributed by atoms with Crippen molar-refractivity contribution in [3.63, 3.8) is 0 Å². The lowest BCUT2D eigenvalue weighted by atomic mass is 9.95. The summed E-state index contributed by atoms with van der Waals surface area (Å²) in [5, 5.41) is 8.14. The number of alkyl halides is 1. The molecule has 0 fully saturated rings. The molecule has 2 aromatic heterocycles. The van der Waals surface area contributed by atoms with E-state index in [1.165, 1.54) is 10.9 Å². The van der Waals surface area contributed by atoms with E-state index in [-0.39, 0.29) is 13.1 Å². The zero-order chi connectivity index (χ0) is 14.7. The van der Waals surface area contributed by atoms with Crippen LogP contribution in [0.4, 0.5) is 4.39 Å². The SMILES string of the molecule is FC(Cn1ccnc1)(Cn1ccnn1)c1ccc(Cl)cc1. The maximum atomic E-state index is 15.6. The largest absolute Gasteiger partial charge is 0.334 e. The fourth-order valence-corrected chi connectivity index (χ4v) is 2.35. The van der Waals surface area contributed by atoms with Crippen LogP contribution >= 0.6 is 11.6 Å². The van der Waals surface area contributed by atoms with Crippen LogP contribution in [0.3, 0.4) is 0 Å². The molecule has 108 valence electrons. The first-order valence-corrected chi connectivity index (χ1v) is 6.78. The van der Waals surface area contributed by atoms with E-state index in [2.05, 4.69) is 15.3 Å². The molecule has 1 aromatic carbocycles. The minimum Gasteiger partial charge on any atom is -0.334 e. The Bertz CT molecular complexity index is 642. The smallest absolute Gasteiger partial charge is 0.173 e. The highest BCUT2D eigenvalue weighted by Gasteiger charge is 2.33. The number of imidazole rings is 1. The van der Waals surface area contributed by atoms with Gasteiger partial charge in [0, 0.05) is 23.6 Å². The Morgan fingerprint density at radius 3 is 2.52 bits per heavy atom. The highest BCUT2D eigenvalue weighted by atomic mass is 35.5. The Morgan fingerprint density at radius 2 is 1.90 bits per heavy atom. The predicted molar refractivity (Wildman–Crippen MR) is 76.5 cm³/mol. The first-order chi connectivity index (χ1) is 10.2. The van der Waals surface area contributed by atoms with Crippen LogP contribution in [0, 0.1) is 0 Å². The van der Waals surface area contributed by atoms with Crippen molar-refractivity contribution in [3.05, 3.63) is 66.0 Å². The summed E-state index contributed by atoms with van der Waals surface area (Å²) in [5.41, 5.74) is -1.10. The van der Waals surface area contributed by atoms with Crippen molar-refractivity contribution >= 4 is 11.6 Å². The zero-order valence-corrected chi connectivity index (χ0v) is 11.9. The molecule has 3 rings (SSSR count). The average molecular weight is 306 g/mol. The van der Waals surface area contributed by atoms with E-state index < -0.39 is 5.67 Å². The van der Waals surface area contributed by atoms with Gasteiger partial charge in [0.1, 0.15) is 0 Å². The van der Waals surface area contributed by atoms with Gasteiger partial charge in [-0.3, -0.25) is 0 Å². The highest BCUT2D eigenvalue weighted by Crippen LogP contribution is 2.31. The average Bonchev–Trinajstić information content (AvgIpc) is 3.13. The van der Waals surface area contributed by atoms with E-state index in [9.17, 15) is 0 Å². The first-order valence-electron chi connectivity index (χ1n) is 6.40. The van der Waals surface area contributed by atoms with Crippen LogP contribution in [0.1, 0.15) is 5.56 Å². The molecular weight excluding hydrogens is 293 g/mol. The third-order valence-corrected chi connectivity index (χ3v) is 3.49. The van der Waals surface area contributed by atoms with Gasteiger partial charge in [-0.1, -0.05) is 28.9 Å². The van der Waals surface area contributed by atoms with E-state index in [4.69, 9.17) is 11.6 Å². The molecule has 7 heteroatoms. The summed E-state index contributed by atoms with van der Waals surface area (Å²) in [7, 11) is 0. The van der Waals surface area contributed by atoms with E-state index in [0.29, 0.717) is 10.6 Å². The molecule has 0 amide bonds. The molecule has 1 atom stereocenters. The molecule has 1 unspecified atom stereocenters. The lowest BCUT2D eigenvalue weighted by Crippen LogP contribution is -2.32. The van der Waals surface area contributed by atoms with Gasteiger partial charge in [0.2, 0.25) is 0 Å². The van der Waals surface area contributed by atoms with Crippen molar-refractivity contribution in [1.82, 2.24) is 24.5 Å². The van der Waals surface area contributed by atoms with Gasteiger partial charge in [0.05, 0.1) is 25.6 Å². The second-order valence-electron chi connectivity index (χ2n) is 4.81. The van der Waals surface area contributed by atoms with Crippen LogP contribution in [0.5, 0.6) is 0 Å².